The smallest absolute Gasteiger partial charge is 0.323 e. The van der Waals surface area contributed by atoms with Crippen molar-refractivity contribution < 1.29 is 14.3 Å². The van der Waals surface area contributed by atoms with Gasteiger partial charge in [0.25, 0.3) is 0 Å². The summed E-state index contributed by atoms with van der Waals surface area (Å²) < 4.78 is 4.98. The van der Waals surface area contributed by atoms with Crippen molar-refractivity contribution in [3.05, 3.63) is 60.2 Å². The third kappa shape index (κ3) is 4.19. The lowest BCUT2D eigenvalue weighted by molar-refractivity contribution is -0.148. The van der Waals surface area contributed by atoms with E-state index in [1.807, 2.05) is 46.2 Å². The molecule has 152 valence electrons. The Morgan fingerprint density at radius 2 is 1.83 bits per heavy atom. The standard InChI is InChI=1S/C23H26N2O3S/c1-28-23(27)19-12-7-8-14-24(19)15-22(26)25-18-11-5-6-13-21(18)29-16-20(25)17-9-3-2-4-10-17/h2-6,9-11,13,19-20H,7-8,12,14-16H2,1H3/t19-,20-/m0/s1. The lowest BCUT2D eigenvalue weighted by Gasteiger charge is -2.40. The Morgan fingerprint density at radius 1 is 1.07 bits per heavy atom. The fraction of sp³-hybridized carbons (Fsp3) is 0.391. The molecule has 0 aliphatic carbocycles. The van der Waals surface area contributed by atoms with Gasteiger partial charge in [0.15, 0.2) is 0 Å². The van der Waals surface area contributed by atoms with E-state index in [4.69, 9.17) is 4.74 Å². The second-order valence-electron chi connectivity index (χ2n) is 7.47. The zero-order valence-electron chi connectivity index (χ0n) is 16.6. The Hall–Kier alpha value is -2.31. The summed E-state index contributed by atoms with van der Waals surface area (Å²) in [7, 11) is 1.42. The maximum absolute atomic E-state index is 13.6. The van der Waals surface area contributed by atoms with Gasteiger partial charge < -0.3 is 9.64 Å². The number of esters is 1. The first kappa shape index (κ1) is 20.0. The summed E-state index contributed by atoms with van der Waals surface area (Å²) in [5, 5.41) is 0. The third-order valence-corrected chi connectivity index (χ3v) is 6.85. The van der Waals surface area contributed by atoms with Crippen molar-refractivity contribution in [3.8, 4) is 0 Å². The van der Waals surface area contributed by atoms with Crippen molar-refractivity contribution >= 4 is 29.3 Å². The lowest BCUT2D eigenvalue weighted by Crippen LogP contribution is -2.51. The molecular formula is C23H26N2O3S. The van der Waals surface area contributed by atoms with Crippen LogP contribution >= 0.6 is 11.8 Å². The Morgan fingerprint density at radius 3 is 2.62 bits per heavy atom. The molecule has 1 amide bonds. The number of thioether (sulfide) groups is 1. The maximum Gasteiger partial charge on any atom is 0.323 e. The number of fused-ring (bicyclic) bond motifs is 1. The Labute approximate surface area is 176 Å². The van der Waals surface area contributed by atoms with Crippen LogP contribution in [0.1, 0.15) is 30.9 Å². The van der Waals surface area contributed by atoms with Gasteiger partial charge >= 0.3 is 5.97 Å². The SMILES string of the molecule is COC(=O)[C@@H]1CCCCN1CC(=O)N1c2ccccc2SC[C@H]1c1ccccc1. The zero-order valence-corrected chi connectivity index (χ0v) is 17.4. The predicted octanol–water partition coefficient (Wildman–Crippen LogP) is 3.89. The van der Waals surface area contributed by atoms with E-state index >= 15 is 0 Å². The van der Waals surface area contributed by atoms with E-state index in [2.05, 4.69) is 18.2 Å². The zero-order chi connectivity index (χ0) is 20.2. The van der Waals surface area contributed by atoms with Crippen LogP contribution in [0, 0.1) is 0 Å². The van der Waals surface area contributed by atoms with Gasteiger partial charge in [0, 0.05) is 10.6 Å². The van der Waals surface area contributed by atoms with Crippen LogP contribution in [0.25, 0.3) is 0 Å². The van der Waals surface area contributed by atoms with Crippen LogP contribution in [0.4, 0.5) is 5.69 Å². The second kappa shape index (κ2) is 9.01. The van der Waals surface area contributed by atoms with E-state index in [1.54, 1.807) is 11.8 Å². The van der Waals surface area contributed by atoms with Crippen LogP contribution in [0.2, 0.25) is 0 Å². The summed E-state index contributed by atoms with van der Waals surface area (Å²) in [6.07, 6.45) is 2.73. The van der Waals surface area contributed by atoms with Gasteiger partial charge in [-0.15, -0.1) is 11.8 Å². The number of para-hydroxylation sites is 1. The normalized spacial score (nSPS) is 22.0. The number of piperidine rings is 1. The van der Waals surface area contributed by atoms with E-state index in [-0.39, 0.29) is 30.5 Å². The van der Waals surface area contributed by atoms with Gasteiger partial charge in [-0.05, 0) is 37.1 Å². The van der Waals surface area contributed by atoms with Gasteiger partial charge in [0.05, 0.1) is 25.4 Å². The number of hydrogen-bond donors (Lipinski definition) is 0. The van der Waals surface area contributed by atoms with Gasteiger partial charge in [0.2, 0.25) is 5.91 Å². The Kier molecular flexibility index (Phi) is 6.21. The summed E-state index contributed by atoms with van der Waals surface area (Å²) in [4.78, 5) is 30.9. The monoisotopic (exact) mass is 410 g/mol. The fourth-order valence-corrected chi connectivity index (χ4v) is 5.42. The van der Waals surface area contributed by atoms with Crippen LogP contribution in [-0.4, -0.2) is 48.8 Å². The van der Waals surface area contributed by atoms with Crippen LogP contribution in [-0.2, 0) is 14.3 Å². The van der Waals surface area contributed by atoms with Crippen molar-refractivity contribution in [2.24, 2.45) is 0 Å². The minimum absolute atomic E-state index is 0.0232. The van der Waals surface area contributed by atoms with Gasteiger partial charge in [-0.1, -0.05) is 48.9 Å². The fourth-order valence-electron chi connectivity index (χ4n) is 4.25. The van der Waals surface area contributed by atoms with Crippen molar-refractivity contribution in [2.75, 3.05) is 30.9 Å². The number of likely N-dealkylation sites (tertiary alicyclic amines) is 1. The molecule has 2 heterocycles. The molecule has 2 aliphatic heterocycles. The number of amides is 1. The largest absolute Gasteiger partial charge is 0.468 e. The number of ether oxygens (including phenoxy) is 1. The number of benzene rings is 2. The third-order valence-electron chi connectivity index (χ3n) is 5.71. The Balaban J connectivity index is 1.63. The minimum Gasteiger partial charge on any atom is -0.468 e. The highest BCUT2D eigenvalue weighted by molar-refractivity contribution is 7.99. The number of carbonyl (C=O) groups excluding carboxylic acids is 2. The van der Waals surface area contributed by atoms with Crippen molar-refractivity contribution in [1.82, 2.24) is 4.90 Å². The summed E-state index contributed by atoms with van der Waals surface area (Å²) in [5.41, 5.74) is 2.08. The predicted molar refractivity (Wildman–Crippen MR) is 115 cm³/mol. The molecule has 2 atom stereocenters. The molecule has 0 radical (unpaired) electrons. The van der Waals surface area contributed by atoms with Gasteiger partial charge in [-0.25, -0.2) is 0 Å². The number of methoxy groups -OCH3 is 1. The number of anilines is 1. The van der Waals surface area contributed by atoms with Gasteiger partial charge in [-0.2, -0.15) is 0 Å². The molecule has 0 aromatic heterocycles. The number of nitrogens with zero attached hydrogens (tertiary/aromatic N) is 2. The molecule has 2 aromatic rings. The number of hydrogen-bond acceptors (Lipinski definition) is 5. The first-order valence-corrected chi connectivity index (χ1v) is 11.1. The molecule has 6 heteroatoms. The maximum atomic E-state index is 13.6. The van der Waals surface area contributed by atoms with Crippen molar-refractivity contribution in [2.45, 2.75) is 36.2 Å². The van der Waals surface area contributed by atoms with E-state index in [1.165, 1.54) is 7.11 Å². The molecule has 4 rings (SSSR count). The minimum atomic E-state index is -0.331. The summed E-state index contributed by atoms with van der Waals surface area (Å²) in [6, 6.07) is 17.9. The molecule has 0 saturated carbocycles. The average Bonchev–Trinajstić information content (AvgIpc) is 2.78. The summed E-state index contributed by atoms with van der Waals surface area (Å²) in [5.74, 6) is 0.599. The van der Waals surface area contributed by atoms with Crippen molar-refractivity contribution in [3.63, 3.8) is 0 Å². The van der Waals surface area contributed by atoms with Crippen LogP contribution < -0.4 is 4.90 Å². The van der Waals surface area contributed by atoms with Gasteiger partial charge in [0.1, 0.15) is 6.04 Å². The molecule has 0 bridgehead atoms. The summed E-state index contributed by atoms with van der Waals surface area (Å²) >= 11 is 1.79. The molecule has 0 N–H and O–H groups in total. The molecule has 29 heavy (non-hydrogen) atoms. The van der Waals surface area contributed by atoms with E-state index in [9.17, 15) is 9.59 Å². The highest BCUT2D eigenvalue weighted by Gasteiger charge is 2.36. The molecule has 1 fully saturated rings. The molecule has 1 saturated heterocycles. The molecule has 5 nitrogen and oxygen atoms in total. The van der Waals surface area contributed by atoms with Crippen LogP contribution in [0.15, 0.2) is 59.5 Å². The molecule has 2 aliphatic rings. The molecule has 0 spiro atoms. The van der Waals surface area contributed by atoms with Gasteiger partial charge in [-0.3, -0.25) is 14.5 Å². The second-order valence-corrected chi connectivity index (χ2v) is 8.54. The quantitative estimate of drug-likeness (QED) is 0.716. The number of rotatable bonds is 4. The first-order chi connectivity index (χ1) is 14.2. The summed E-state index contributed by atoms with van der Waals surface area (Å²) in [6.45, 7) is 0.966. The molecule has 2 aromatic carbocycles. The van der Waals surface area contributed by atoms with Crippen LogP contribution in [0.5, 0.6) is 0 Å². The molecule has 0 unspecified atom stereocenters. The highest BCUT2D eigenvalue weighted by Crippen LogP contribution is 2.43. The van der Waals surface area contributed by atoms with E-state index in [0.29, 0.717) is 0 Å². The number of carbonyl (C=O) groups is 2. The first-order valence-electron chi connectivity index (χ1n) is 10.1. The molecular weight excluding hydrogens is 384 g/mol. The highest BCUT2D eigenvalue weighted by atomic mass is 32.2. The Bertz CT molecular complexity index is 873. The topological polar surface area (TPSA) is 49.9 Å². The lowest BCUT2D eigenvalue weighted by atomic mass is 10.0. The van der Waals surface area contributed by atoms with Crippen molar-refractivity contribution in [1.29, 1.82) is 0 Å². The van der Waals surface area contributed by atoms with Crippen LogP contribution in [0.3, 0.4) is 0 Å². The van der Waals surface area contributed by atoms with E-state index < -0.39 is 0 Å². The average molecular weight is 411 g/mol. The van der Waals surface area contributed by atoms with E-state index in [0.717, 1.165) is 47.7 Å².